The van der Waals surface area contributed by atoms with Gasteiger partial charge in [-0.2, -0.15) is 0 Å². The second-order valence-corrected chi connectivity index (χ2v) is 4.89. The van der Waals surface area contributed by atoms with Gasteiger partial charge in [0.2, 0.25) is 0 Å². The van der Waals surface area contributed by atoms with Gasteiger partial charge in [0, 0.05) is 12.6 Å². The van der Waals surface area contributed by atoms with Crippen LogP contribution in [0.3, 0.4) is 0 Å². The van der Waals surface area contributed by atoms with Gasteiger partial charge in [0.1, 0.15) is 11.6 Å². The number of ether oxygens (including phenoxy) is 1. The summed E-state index contributed by atoms with van der Waals surface area (Å²) in [5.74, 6) is 0.247. The molecule has 0 N–H and O–H groups in total. The standard InChI is InChI=1S/C15H20FNO2/c1-2-13-5-3-4-10-17(13)15(18)11-19-14-8-6-12(16)7-9-14/h6-9,13H,2-5,10-11H2,1H3. The molecule has 1 amide bonds. The van der Waals surface area contributed by atoms with Crippen molar-refractivity contribution < 1.29 is 13.9 Å². The van der Waals surface area contributed by atoms with E-state index in [0.29, 0.717) is 11.8 Å². The van der Waals surface area contributed by atoms with Gasteiger partial charge >= 0.3 is 0 Å². The summed E-state index contributed by atoms with van der Waals surface area (Å²) in [6, 6.07) is 6.08. The third-order valence-corrected chi connectivity index (χ3v) is 3.59. The van der Waals surface area contributed by atoms with Gasteiger partial charge in [-0.25, -0.2) is 4.39 Å². The third kappa shape index (κ3) is 3.69. The minimum atomic E-state index is -0.305. The Morgan fingerprint density at radius 3 is 2.79 bits per heavy atom. The van der Waals surface area contributed by atoms with E-state index in [-0.39, 0.29) is 18.3 Å². The molecule has 4 heteroatoms. The molecular formula is C15H20FNO2. The molecule has 1 atom stereocenters. The average Bonchev–Trinajstić information content (AvgIpc) is 2.46. The lowest BCUT2D eigenvalue weighted by Gasteiger charge is -2.35. The Morgan fingerprint density at radius 1 is 1.37 bits per heavy atom. The normalized spacial score (nSPS) is 19.3. The van der Waals surface area contributed by atoms with Crippen molar-refractivity contribution in [3.8, 4) is 5.75 Å². The molecule has 1 saturated heterocycles. The van der Waals surface area contributed by atoms with Crippen LogP contribution in [0.1, 0.15) is 32.6 Å². The monoisotopic (exact) mass is 265 g/mol. The molecule has 1 aliphatic rings. The maximum atomic E-state index is 12.7. The van der Waals surface area contributed by atoms with Crippen LogP contribution in [-0.4, -0.2) is 30.0 Å². The molecule has 1 aliphatic heterocycles. The van der Waals surface area contributed by atoms with Crippen LogP contribution in [0.25, 0.3) is 0 Å². The fourth-order valence-corrected chi connectivity index (χ4v) is 2.51. The van der Waals surface area contributed by atoms with E-state index >= 15 is 0 Å². The Morgan fingerprint density at radius 2 is 2.11 bits per heavy atom. The highest BCUT2D eigenvalue weighted by Gasteiger charge is 2.25. The predicted molar refractivity (Wildman–Crippen MR) is 71.5 cm³/mol. The number of amides is 1. The number of carbonyl (C=O) groups excluding carboxylic acids is 1. The molecule has 104 valence electrons. The molecule has 1 heterocycles. The lowest BCUT2D eigenvalue weighted by atomic mass is 10.00. The number of halogens is 1. The number of rotatable bonds is 4. The maximum Gasteiger partial charge on any atom is 0.260 e. The molecule has 0 aromatic heterocycles. The number of hydrogen-bond donors (Lipinski definition) is 0. The minimum Gasteiger partial charge on any atom is -0.484 e. The van der Waals surface area contributed by atoms with Crippen molar-refractivity contribution in [1.82, 2.24) is 4.90 Å². The number of carbonyl (C=O) groups is 1. The Balaban J connectivity index is 1.87. The fourth-order valence-electron chi connectivity index (χ4n) is 2.51. The van der Waals surface area contributed by atoms with Crippen molar-refractivity contribution in [3.05, 3.63) is 30.1 Å². The van der Waals surface area contributed by atoms with Crippen LogP contribution in [0.5, 0.6) is 5.75 Å². The number of benzene rings is 1. The lowest BCUT2D eigenvalue weighted by molar-refractivity contribution is -0.137. The van der Waals surface area contributed by atoms with Gasteiger partial charge in [-0.15, -0.1) is 0 Å². The third-order valence-electron chi connectivity index (χ3n) is 3.59. The van der Waals surface area contributed by atoms with E-state index in [1.807, 2.05) is 4.90 Å². The summed E-state index contributed by atoms with van der Waals surface area (Å²) in [6.45, 7) is 2.96. The first-order valence-electron chi connectivity index (χ1n) is 6.88. The van der Waals surface area contributed by atoms with Crippen LogP contribution in [-0.2, 0) is 4.79 Å². The quantitative estimate of drug-likeness (QED) is 0.837. The van der Waals surface area contributed by atoms with E-state index < -0.39 is 0 Å². The molecule has 1 fully saturated rings. The van der Waals surface area contributed by atoms with E-state index in [9.17, 15) is 9.18 Å². The van der Waals surface area contributed by atoms with Crippen LogP contribution in [0, 0.1) is 5.82 Å². The molecule has 2 rings (SSSR count). The zero-order chi connectivity index (χ0) is 13.7. The smallest absolute Gasteiger partial charge is 0.260 e. The number of likely N-dealkylation sites (tertiary alicyclic amines) is 1. The maximum absolute atomic E-state index is 12.7. The molecule has 0 spiro atoms. The highest BCUT2D eigenvalue weighted by atomic mass is 19.1. The van der Waals surface area contributed by atoms with Crippen molar-refractivity contribution >= 4 is 5.91 Å². The highest BCUT2D eigenvalue weighted by molar-refractivity contribution is 5.78. The molecule has 1 unspecified atom stereocenters. The first-order valence-corrected chi connectivity index (χ1v) is 6.88. The first kappa shape index (κ1) is 13.8. The van der Waals surface area contributed by atoms with Crippen molar-refractivity contribution in [2.24, 2.45) is 0 Å². The summed E-state index contributed by atoms with van der Waals surface area (Å²) < 4.78 is 18.2. The second-order valence-electron chi connectivity index (χ2n) is 4.89. The number of hydrogen-bond acceptors (Lipinski definition) is 2. The van der Waals surface area contributed by atoms with Crippen molar-refractivity contribution in [2.75, 3.05) is 13.2 Å². The van der Waals surface area contributed by atoms with Gasteiger partial charge in [-0.1, -0.05) is 6.92 Å². The molecule has 0 saturated carbocycles. The molecule has 3 nitrogen and oxygen atoms in total. The van der Waals surface area contributed by atoms with E-state index in [2.05, 4.69) is 6.92 Å². The van der Waals surface area contributed by atoms with E-state index in [1.54, 1.807) is 0 Å². The fraction of sp³-hybridized carbons (Fsp3) is 0.533. The van der Waals surface area contributed by atoms with Crippen molar-refractivity contribution in [2.45, 2.75) is 38.6 Å². The largest absolute Gasteiger partial charge is 0.484 e. The van der Waals surface area contributed by atoms with Gasteiger partial charge in [0.05, 0.1) is 0 Å². The molecule has 0 aliphatic carbocycles. The van der Waals surface area contributed by atoms with E-state index in [4.69, 9.17) is 4.74 Å². The van der Waals surface area contributed by atoms with Crippen LogP contribution in [0.4, 0.5) is 4.39 Å². The zero-order valence-corrected chi connectivity index (χ0v) is 11.3. The lowest BCUT2D eigenvalue weighted by Crippen LogP contribution is -2.45. The van der Waals surface area contributed by atoms with Crippen LogP contribution >= 0.6 is 0 Å². The number of piperidine rings is 1. The molecule has 19 heavy (non-hydrogen) atoms. The van der Waals surface area contributed by atoms with E-state index in [0.717, 1.165) is 25.8 Å². The summed E-state index contributed by atoms with van der Waals surface area (Å²) in [6.07, 6.45) is 4.33. The topological polar surface area (TPSA) is 29.5 Å². The zero-order valence-electron chi connectivity index (χ0n) is 11.3. The van der Waals surface area contributed by atoms with Gasteiger partial charge in [-0.3, -0.25) is 4.79 Å². The van der Waals surface area contributed by atoms with Gasteiger partial charge in [0.15, 0.2) is 6.61 Å². The average molecular weight is 265 g/mol. The molecular weight excluding hydrogens is 245 g/mol. The highest BCUT2D eigenvalue weighted by Crippen LogP contribution is 2.20. The Hall–Kier alpha value is -1.58. The summed E-state index contributed by atoms with van der Waals surface area (Å²) in [7, 11) is 0. The Kier molecular flexibility index (Phi) is 4.77. The second kappa shape index (κ2) is 6.55. The predicted octanol–water partition coefficient (Wildman–Crippen LogP) is 3.00. The van der Waals surface area contributed by atoms with Crippen molar-refractivity contribution in [1.29, 1.82) is 0 Å². The molecule has 1 aromatic carbocycles. The summed E-state index contributed by atoms with van der Waals surface area (Å²) in [5, 5.41) is 0. The summed E-state index contributed by atoms with van der Waals surface area (Å²) in [4.78, 5) is 14.1. The van der Waals surface area contributed by atoms with Gasteiger partial charge in [0.25, 0.3) is 5.91 Å². The van der Waals surface area contributed by atoms with Crippen LogP contribution < -0.4 is 4.74 Å². The number of nitrogens with zero attached hydrogens (tertiary/aromatic N) is 1. The summed E-state index contributed by atoms with van der Waals surface area (Å²) >= 11 is 0. The molecule has 1 aromatic rings. The molecule has 0 bridgehead atoms. The van der Waals surface area contributed by atoms with E-state index in [1.165, 1.54) is 30.7 Å². The summed E-state index contributed by atoms with van der Waals surface area (Å²) in [5.41, 5.74) is 0. The SMILES string of the molecule is CCC1CCCCN1C(=O)COc1ccc(F)cc1. The first-order chi connectivity index (χ1) is 9.20. The van der Waals surface area contributed by atoms with Crippen LogP contribution in [0.15, 0.2) is 24.3 Å². The van der Waals surface area contributed by atoms with Gasteiger partial charge < -0.3 is 9.64 Å². The van der Waals surface area contributed by atoms with Crippen molar-refractivity contribution in [3.63, 3.8) is 0 Å². The molecule has 0 radical (unpaired) electrons. The Bertz CT molecular complexity index is 419. The van der Waals surface area contributed by atoms with Gasteiger partial charge in [-0.05, 0) is 49.9 Å². The minimum absolute atomic E-state index is 0.0240. The van der Waals surface area contributed by atoms with Crippen LogP contribution in [0.2, 0.25) is 0 Å². The Labute approximate surface area is 113 Å².